The summed E-state index contributed by atoms with van der Waals surface area (Å²) in [5.74, 6) is -0.961. The summed E-state index contributed by atoms with van der Waals surface area (Å²) in [6.45, 7) is 4.98. The number of carbonyl (C=O) groups excluding carboxylic acids is 1. The molecule has 0 atom stereocenters. The monoisotopic (exact) mass is 198 g/mol. The van der Waals surface area contributed by atoms with E-state index >= 15 is 0 Å². The number of hydrogen-bond donors (Lipinski definition) is 0. The number of hydrogen-bond acceptors (Lipinski definition) is 2. The summed E-state index contributed by atoms with van der Waals surface area (Å²) in [7, 11) is 2.02. The Morgan fingerprint density at radius 2 is 2.14 bits per heavy atom. The van der Waals surface area contributed by atoms with E-state index in [-0.39, 0.29) is 6.42 Å². The zero-order chi connectivity index (χ0) is 11.0. The highest BCUT2D eigenvalue weighted by atomic mass is 16.4. The molecule has 1 aromatic rings. The van der Waals surface area contributed by atoms with Crippen LogP contribution in [0.25, 0.3) is 0 Å². The van der Waals surface area contributed by atoms with Crippen molar-refractivity contribution in [3.05, 3.63) is 18.7 Å². The van der Waals surface area contributed by atoms with Gasteiger partial charge in [0.25, 0.3) is 0 Å². The molecule has 0 amide bonds. The number of aryl methyl sites for hydroxylation is 2. The Morgan fingerprint density at radius 1 is 1.50 bits per heavy atom. The maximum Gasteiger partial charge on any atom is 0.243 e. The van der Waals surface area contributed by atoms with Crippen LogP contribution in [0.5, 0.6) is 0 Å². The fraction of sp³-hybridized carbons (Fsp3) is 0.600. The normalized spacial score (nSPS) is 9.07. The molecule has 80 valence electrons. The van der Waals surface area contributed by atoms with Crippen molar-refractivity contribution in [1.29, 1.82) is 0 Å². The summed E-state index contributed by atoms with van der Waals surface area (Å²) in [5.41, 5.74) is 0. The molecule has 0 aromatic carbocycles. The van der Waals surface area contributed by atoms with Crippen LogP contribution in [-0.4, -0.2) is 10.5 Å². The van der Waals surface area contributed by atoms with Gasteiger partial charge in [0.05, 0.1) is 13.6 Å². The van der Waals surface area contributed by atoms with E-state index in [9.17, 15) is 9.90 Å². The van der Waals surface area contributed by atoms with Crippen LogP contribution in [0, 0.1) is 0 Å². The van der Waals surface area contributed by atoms with E-state index in [0.717, 1.165) is 6.54 Å². The number of imidazole rings is 1. The van der Waals surface area contributed by atoms with Gasteiger partial charge in [0.2, 0.25) is 6.33 Å². The molecule has 0 aliphatic rings. The fourth-order valence-electron chi connectivity index (χ4n) is 0.893. The van der Waals surface area contributed by atoms with E-state index in [0.29, 0.717) is 6.42 Å². The summed E-state index contributed by atoms with van der Waals surface area (Å²) in [5, 5.41) is 9.49. The molecule has 1 aromatic heterocycles. The van der Waals surface area contributed by atoms with Gasteiger partial charge in [-0.2, -0.15) is 0 Å². The maximum atomic E-state index is 9.49. The van der Waals surface area contributed by atoms with Crippen molar-refractivity contribution < 1.29 is 14.5 Å². The Kier molecular flexibility index (Phi) is 6.45. The van der Waals surface area contributed by atoms with Crippen LogP contribution < -0.4 is 9.67 Å². The summed E-state index contributed by atoms with van der Waals surface area (Å²) >= 11 is 0. The summed E-state index contributed by atoms with van der Waals surface area (Å²) in [6, 6.07) is 0. The number of carbonyl (C=O) groups is 1. The van der Waals surface area contributed by atoms with Crippen molar-refractivity contribution >= 4 is 5.97 Å². The lowest BCUT2D eigenvalue weighted by Gasteiger charge is -1.92. The number of carboxylic acids is 1. The Hall–Kier alpha value is -1.32. The molecule has 0 fully saturated rings. The molecular formula is C10H18N2O2. The number of nitrogens with zero attached hydrogens (tertiary/aromatic N) is 2. The second-order valence-corrected chi connectivity index (χ2v) is 3.03. The molecule has 4 heteroatoms. The maximum absolute atomic E-state index is 9.49. The molecular weight excluding hydrogens is 180 g/mol. The molecule has 0 spiro atoms. The van der Waals surface area contributed by atoms with E-state index in [2.05, 4.69) is 24.0 Å². The number of rotatable bonds is 3. The van der Waals surface area contributed by atoms with E-state index < -0.39 is 5.97 Å². The lowest BCUT2D eigenvalue weighted by Crippen LogP contribution is -2.23. The minimum Gasteiger partial charge on any atom is -0.550 e. The molecule has 4 nitrogen and oxygen atoms in total. The fourth-order valence-corrected chi connectivity index (χ4v) is 0.893. The van der Waals surface area contributed by atoms with Gasteiger partial charge in [-0.05, 0) is 13.3 Å². The van der Waals surface area contributed by atoms with Crippen LogP contribution in [0.3, 0.4) is 0 Å². The van der Waals surface area contributed by atoms with Gasteiger partial charge in [0.1, 0.15) is 12.4 Å². The van der Waals surface area contributed by atoms with Crippen molar-refractivity contribution in [2.45, 2.75) is 33.2 Å². The lowest BCUT2D eigenvalue weighted by molar-refractivity contribution is -0.671. The molecule has 0 aliphatic carbocycles. The first kappa shape index (κ1) is 12.7. The van der Waals surface area contributed by atoms with Crippen LogP contribution >= 0.6 is 0 Å². The molecule has 0 saturated heterocycles. The van der Waals surface area contributed by atoms with Gasteiger partial charge in [0.15, 0.2) is 0 Å². The molecule has 0 radical (unpaired) electrons. The highest BCUT2D eigenvalue weighted by Gasteiger charge is 1.92. The molecule has 1 rings (SSSR count). The molecule has 0 aliphatic heterocycles. The molecule has 14 heavy (non-hydrogen) atoms. The molecule has 0 N–H and O–H groups in total. The Bertz CT molecular complexity index is 269. The predicted octanol–water partition coefficient (Wildman–Crippen LogP) is -0.131. The zero-order valence-corrected chi connectivity index (χ0v) is 9.06. The van der Waals surface area contributed by atoms with Crippen molar-refractivity contribution in [3.63, 3.8) is 0 Å². The summed E-state index contributed by atoms with van der Waals surface area (Å²) < 4.78 is 4.16. The quantitative estimate of drug-likeness (QED) is 0.635. The van der Waals surface area contributed by atoms with Crippen LogP contribution in [0.2, 0.25) is 0 Å². The van der Waals surface area contributed by atoms with Crippen molar-refractivity contribution in [2.24, 2.45) is 7.05 Å². The van der Waals surface area contributed by atoms with Gasteiger partial charge < -0.3 is 9.90 Å². The van der Waals surface area contributed by atoms with Gasteiger partial charge >= 0.3 is 0 Å². The zero-order valence-electron chi connectivity index (χ0n) is 9.06. The Balaban J connectivity index is 0.000000255. The highest BCUT2D eigenvalue weighted by molar-refractivity contribution is 5.63. The van der Waals surface area contributed by atoms with Gasteiger partial charge in [0, 0.05) is 5.97 Å². The van der Waals surface area contributed by atoms with Crippen LogP contribution in [-0.2, 0) is 18.4 Å². The van der Waals surface area contributed by atoms with Crippen LogP contribution in [0.1, 0.15) is 26.7 Å². The average Bonchev–Trinajstić information content (AvgIpc) is 2.52. The summed E-state index contributed by atoms with van der Waals surface area (Å²) in [4.78, 5) is 9.49. The van der Waals surface area contributed by atoms with Crippen LogP contribution in [0.15, 0.2) is 18.7 Å². The minimum absolute atomic E-state index is 0.181. The van der Waals surface area contributed by atoms with E-state index in [4.69, 9.17) is 0 Å². The topological polar surface area (TPSA) is 48.9 Å². The number of aromatic nitrogens is 2. The molecule has 0 bridgehead atoms. The molecule has 1 heterocycles. The SMILES string of the molecule is CCCC(=O)[O-].CCn1cc[n+](C)c1. The number of aliphatic carboxylic acids is 1. The van der Waals surface area contributed by atoms with Gasteiger partial charge in [-0.15, -0.1) is 0 Å². The molecule has 0 saturated carbocycles. The third kappa shape index (κ3) is 6.22. The van der Waals surface area contributed by atoms with Gasteiger partial charge in [-0.1, -0.05) is 13.3 Å². The third-order valence-corrected chi connectivity index (χ3v) is 1.64. The van der Waals surface area contributed by atoms with Crippen molar-refractivity contribution in [2.75, 3.05) is 0 Å². The smallest absolute Gasteiger partial charge is 0.243 e. The second-order valence-electron chi connectivity index (χ2n) is 3.03. The highest BCUT2D eigenvalue weighted by Crippen LogP contribution is 1.79. The van der Waals surface area contributed by atoms with Crippen LogP contribution in [0.4, 0.5) is 0 Å². The first-order chi connectivity index (χ1) is 6.60. The first-order valence-corrected chi connectivity index (χ1v) is 4.81. The van der Waals surface area contributed by atoms with Crippen molar-refractivity contribution in [3.8, 4) is 0 Å². The van der Waals surface area contributed by atoms with E-state index in [1.807, 2.05) is 17.8 Å². The third-order valence-electron chi connectivity index (χ3n) is 1.64. The first-order valence-electron chi connectivity index (χ1n) is 4.81. The number of carboxylic acid groups (broad SMARTS) is 1. The Morgan fingerprint density at radius 3 is 2.29 bits per heavy atom. The van der Waals surface area contributed by atoms with Crippen molar-refractivity contribution in [1.82, 2.24) is 4.57 Å². The van der Waals surface area contributed by atoms with Gasteiger partial charge in [-0.3, -0.25) is 0 Å². The van der Waals surface area contributed by atoms with Gasteiger partial charge in [-0.25, -0.2) is 9.13 Å². The van der Waals surface area contributed by atoms with E-state index in [1.165, 1.54) is 0 Å². The second kappa shape index (κ2) is 7.12. The minimum atomic E-state index is -0.961. The summed E-state index contributed by atoms with van der Waals surface area (Å²) in [6.07, 6.45) is 6.99. The standard InChI is InChI=1S/C6H11N2.C4H8O2/c1-3-8-5-4-7(2)6-8;1-2-3-4(5)6/h4-6H,3H2,1-2H3;2-3H2,1H3,(H,5,6)/q+1;/p-1. The van der Waals surface area contributed by atoms with E-state index in [1.54, 1.807) is 6.92 Å². The average molecular weight is 198 g/mol. The Labute approximate surface area is 84.8 Å². The molecule has 0 unspecified atom stereocenters. The largest absolute Gasteiger partial charge is 0.550 e. The predicted molar refractivity (Wildman–Crippen MR) is 51.2 cm³/mol. The lowest BCUT2D eigenvalue weighted by atomic mass is 10.4.